The fraction of sp³-hybridized carbons (Fsp3) is 0.643. The second-order valence-electron chi connectivity index (χ2n) is 5.11. The van der Waals surface area contributed by atoms with E-state index < -0.39 is 5.97 Å². The van der Waals surface area contributed by atoms with Gasteiger partial charge in [-0.15, -0.1) is 11.3 Å². The zero-order valence-electron chi connectivity index (χ0n) is 12.0. The number of thiazole rings is 1. The molecule has 116 valence electrons. The molecule has 0 unspecified atom stereocenters. The number of hydrogen-bond acceptors (Lipinski definition) is 4. The van der Waals surface area contributed by atoms with Crippen LogP contribution in [0.15, 0.2) is 0 Å². The number of nitrogens with zero attached hydrogens (tertiary/aromatic N) is 1. The Bertz CT molecular complexity index is 478. The highest BCUT2D eigenvalue weighted by Gasteiger charge is 2.14. The lowest BCUT2D eigenvalue weighted by Crippen LogP contribution is -2.37. The van der Waals surface area contributed by atoms with Crippen molar-refractivity contribution >= 4 is 23.3 Å². The molecule has 0 saturated carbocycles. The van der Waals surface area contributed by atoms with Gasteiger partial charge >= 0.3 is 12.0 Å². The monoisotopic (exact) mass is 311 g/mol. The zero-order chi connectivity index (χ0) is 15.1. The van der Waals surface area contributed by atoms with Crippen molar-refractivity contribution in [3.05, 3.63) is 15.6 Å². The summed E-state index contributed by atoms with van der Waals surface area (Å²) in [4.78, 5) is 27.8. The van der Waals surface area contributed by atoms with E-state index in [9.17, 15) is 9.59 Å². The van der Waals surface area contributed by atoms with Crippen molar-refractivity contribution in [1.29, 1.82) is 0 Å². The molecule has 7 heteroatoms. The van der Waals surface area contributed by atoms with E-state index in [0.29, 0.717) is 19.5 Å². The quantitative estimate of drug-likeness (QED) is 0.669. The van der Waals surface area contributed by atoms with Gasteiger partial charge in [0.1, 0.15) is 0 Å². The Balaban J connectivity index is 1.61. The Labute approximate surface area is 128 Å². The van der Waals surface area contributed by atoms with Crippen LogP contribution in [0.5, 0.6) is 0 Å². The predicted octanol–water partition coefficient (Wildman–Crippen LogP) is 1.73. The summed E-state index contributed by atoms with van der Waals surface area (Å²) in [5.41, 5.74) is 1.25. The third kappa shape index (κ3) is 5.34. The molecule has 2 rings (SSSR count). The minimum absolute atomic E-state index is 0.0744. The molecule has 21 heavy (non-hydrogen) atoms. The number of carboxylic acid groups (broad SMARTS) is 1. The van der Waals surface area contributed by atoms with Gasteiger partial charge in [0.25, 0.3) is 0 Å². The summed E-state index contributed by atoms with van der Waals surface area (Å²) in [7, 11) is 0. The van der Waals surface area contributed by atoms with E-state index in [1.807, 2.05) is 0 Å². The van der Waals surface area contributed by atoms with Crippen LogP contribution in [0, 0.1) is 0 Å². The van der Waals surface area contributed by atoms with Gasteiger partial charge in [-0.3, -0.25) is 4.79 Å². The average Bonchev–Trinajstić information content (AvgIpc) is 2.86. The van der Waals surface area contributed by atoms with Gasteiger partial charge in [0.05, 0.1) is 10.7 Å². The fourth-order valence-electron chi connectivity index (χ4n) is 2.30. The highest BCUT2D eigenvalue weighted by Crippen LogP contribution is 2.26. The SMILES string of the molecule is O=C(O)CCCNC(=O)NCCc1nc2c(s1)CCCC2. The largest absolute Gasteiger partial charge is 0.481 e. The topological polar surface area (TPSA) is 91.3 Å². The molecule has 0 aliphatic heterocycles. The minimum Gasteiger partial charge on any atom is -0.481 e. The number of fused-ring (bicyclic) bond motifs is 1. The maximum absolute atomic E-state index is 11.5. The van der Waals surface area contributed by atoms with Crippen LogP contribution in [0.3, 0.4) is 0 Å². The molecule has 0 atom stereocenters. The first kappa shape index (κ1) is 15.8. The number of rotatable bonds is 7. The summed E-state index contributed by atoms with van der Waals surface area (Å²) in [6, 6.07) is -0.248. The Morgan fingerprint density at radius 3 is 2.71 bits per heavy atom. The average molecular weight is 311 g/mol. The van der Waals surface area contributed by atoms with Crippen molar-refractivity contribution in [1.82, 2.24) is 15.6 Å². The van der Waals surface area contributed by atoms with Gasteiger partial charge in [-0.05, 0) is 32.1 Å². The highest BCUT2D eigenvalue weighted by atomic mass is 32.1. The molecule has 1 aromatic heterocycles. The molecule has 0 spiro atoms. The molecule has 1 heterocycles. The number of amides is 2. The van der Waals surface area contributed by atoms with Crippen LogP contribution in [0.4, 0.5) is 4.79 Å². The Morgan fingerprint density at radius 2 is 1.95 bits per heavy atom. The number of carbonyl (C=O) groups is 2. The molecular formula is C14H21N3O3S. The molecule has 0 radical (unpaired) electrons. The Hall–Kier alpha value is -1.63. The number of hydrogen-bond donors (Lipinski definition) is 3. The van der Waals surface area contributed by atoms with Crippen LogP contribution >= 0.6 is 11.3 Å². The number of urea groups is 1. The second-order valence-corrected chi connectivity index (χ2v) is 6.28. The number of aromatic nitrogens is 1. The smallest absolute Gasteiger partial charge is 0.314 e. The molecule has 6 nitrogen and oxygen atoms in total. The summed E-state index contributed by atoms with van der Waals surface area (Å²) in [5.74, 6) is -0.843. The lowest BCUT2D eigenvalue weighted by atomic mass is 10.0. The molecule has 0 bridgehead atoms. The van der Waals surface area contributed by atoms with Gasteiger partial charge in [-0.2, -0.15) is 0 Å². The number of aliphatic carboxylic acids is 1. The van der Waals surface area contributed by atoms with Gasteiger partial charge in [-0.25, -0.2) is 9.78 Å². The summed E-state index contributed by atoms with van der Waals surface area (Å²) < 4.78 is 0. The van der Waals surface area contributed by atoms with E-state index in [0.717, 1.165) is 24.3 Å². The summed E-state index contributed by atoms with van der Waals surface area (Å²) in [5, 5.41) is 15.0. The number of aryl methyl sites for hydroxylation is 2. The lowest BCUT2D eigenvalue weighted by Gasteiger charge is -2.06. The molecule has 0 saturated heterocycles. The predicted molar refractivity (Wildman–Crippen MR) is 80.7 cm³/mol. The van der Waals surface area contributed by atoms with E-state index in [1.165, 1.54) is 23.4 Å². The molecule has 2 amide bonds. The van der Waals surface area contributed by atoms with Gasteiger partial charge in [0.15, 0.2) is 0 Å². The van der Waals surface area contributed by atoms with Crippen molar-refractivity contribution in [2.75, 3.05) is 13.1 Å². The van der Waals surface area contributed by atoms with Gasteiger partial charge in [0.2, 0.25) is 0 Å². The molecule has 3 N–H and O–H groups in total. The number of carbonyl (C=O) groups excluding carboxylic acids is 1. The Kier molecular flexibility index (Phi) is 5.98. The Morgan fingerprint density at radius 1 is 1.19 bits per heavy atom. The van der Waals surface area contributed by atoms with Crippen molar-refractivity contribution in [2.45, 2.75) is 44.9 Å². The maximum Gasteiger partial charge on any atom is 0.314 e. The third-order valence-corrected chi connectivity index (χ3v) is 4.58. The first-order valence-electron chi connectivity index (χ1n) is 7.36. The lowest BCUT2D eigenvalue weighted by molar-refractivity contribution is -0.137. The molecule has 0 aromatic carbocycles. The van der Waals surface area contributed by atoms with Crippen LogP contribution in [-0.2, 0) is 24.1 Å². The normalized spacial score (nSPS) is 13.5. The highest BCUT2D eigenvalue weighted by molar-refractivity contribution is 7.11. The minimum atomic E-state index is -0.843. The van der Waals surface area contributed by atoms with Crippen molar-refractivity contribution in [3.8, 4) is 0 Å². The van der Waals surface area contributed by atoms with Crippen LogP contribution in [0.1, 0.15) is 41.3 Å². The van der Waals surface area contributed by atoms with E-state index >= 15 is 0 Å². The van der Waals surface area contributed by atoms with Crippen LogP contribution in [0.25, 0.3) is 0 Å². The molecular weight excluding hydrogens is 290 g/mol. The van der Waals surface area contributed by atoms with E-state index in [4.69, 9.17) is 5.11 Å². The molecule has 0 fully saturated rings. The third-order valence-electron chi connectivity index (χ3n) is 3.37. The van der Waals surface area contributed by atoms with Gasteiger partial charge in [0, 0.05) is 30.8 Å². The molecule has 1 aliphatic rings. The first-order valence-corrected chi connectivity index (χ1v) is 8.18. The van der Waals surface area contributed by atoms with Crippen LogP contribution in [-0.4, -0.2) is 35.2 Å². The number of carboxylic acids is 1. The van der Waals surface area contributed by atoms with E-state index in [-0.39, 0.29) is 12.5 Å². The van der Waals surface area contributed by atoms with Crippen LogP contribution < -0.4 is 10.6 Å². The van der Waals surface area contributed by atoms with Crippen molar-refractivity contribution in [3.63, 3.8) is 0 Å². The summed E-state index contributed by atoms with van der Waals surface area (Å²) in [6.07, 6.45) is 5.99. The van der Waals surface area contributed by atoms with Crippen molar-refractivity contribution in [2.24, 2.45) is 0 Å². The molecule has 1 aliphatic carbocycles. The number of nitrogens with one attached hydrogen (secondary N) is 2. The molecule has 1 aromatic rings. The van der Waals surface area contributed by atoms with E-state index in [1.54, 1.807) is 11.3 Å². The summed E-state index contributed by atoms with van der Waals surface area (Å²) >= 11 is 1.76. The van der Waals surface area contributed by atoms with Crippen LogP contribution in [0.2, 0.25) is 0 Å². The first-order chi connectivity index (χ1) is 10.1. The maximum atomic E-state index is 11.5. The van der Waals surface area contributed by atoms with Gasteiger partial charge < -0.3 is 15.7 Å². The standard InChI is InChI=1S/C14H21N3O3S/c18-13(19)6-3-8-15-14(20)16-9-7-12-17-10-4-1-2-5-11(10)21-12/h1-9H2,(H,18,19)(H2,15,16,20). The van der Waals surface area contributed by atoms with Gasteiger partial charge in [-0.1, -0.05) is 0 Å². The van der Waals surface area contributed by atoms with Crippen molar-refractivity contribution < 1.29 is 14.7 Å². The second kappa shape index (κ2) is 7.97. The fourth-order valence-corrected chi connectivity index (χ4v) is 3.46. The summed E-state index contributed by atoms with van der Waals surface area (Å²) in [6.45, 7) is 0.931. The van der Waals surface area contributed by atoms with E-state index in [2.05, 4.69) is 15.6 Å². The zero-order valence-corrected chi connectivity index (χ0v) is 12.8.